The van der Waals surface area contributed by atoms with E-state index in [-0.39, 0.29) is 53.0 Å². The number of nitrogens with one attached hydrogen (secondary N) is 1. The second-order valence-electron chi connectivity index (χ2n) is 7.46. The predicted octanol–water partition coefficient (Wildman–Crippen LogP) is 3.34. The summed E-state index contributed by atoms with van der Waals surface area (Å²) in [4.78, 5) is 14.3. The van der Waals surface area contributed by atoms with Gasteiger partial charge in [-0.25, -0.2) is 8.42 Å². The van der Waals surface area contributed by atoms with Crippen molar-refractivity contribution in [1.29, 1.82) is 0 Å². The summed E-state index contributed by atoms with van der Waals surface area (Å²) >= 11 is 6.08. The van der Waals surface area contributed by atoms with Crippen molar-refractivity contribution in [3.8, 4) is 5.75 Å². The molecule has 3 aromatic rings. The Bertz CT molecular complexity index is 1210. The van der Waals surface area contributed by atoms with Crippen LogP contribution in [-0.2, 0) is 19.5 Å². The number of morpholine rings is 1. The van der Waals surface area contributed by atoms with Crippen molar-refractivity contribution in [2.24, 2.45) is 0 Å². The first-order chi connectivity index (χ1) is 16.3. The number of benzene rings is 2. The van der Waals surface area contributed by atoms with Gasteiger partial charge in [0.2, 0.25) is 10.0 Å². The third-order valence-corrected chi connectivity index (χ3v) is 7.35. The quantitative estimate of drug-likeness (QED) is 0.369. The Hall–Kier alpha value is -2.63. The van der Waals surface area contributed by atoms with Crippen molar-refractivity contribution in [2.45, 2.75) is 17.9 Å². The molecule has 0 unspecified atom stereocenters. The van der Waals surface area contributed by atoms with Gasteiger partial charge in [0.25, 0.3) is 0 Å². The van der Waals surface area contributed by atoms with Crippen molar-refractivity contribution in [3.63, 3.8) is 0 Å². The average Bonchev–Trinajstić information content (AvgIpc) is 3.23. The minimum absolute atomic E-state index is 0.0671. The molecule has 2 heterocycles. The van der Waals surface area contributed by atoms with Crippen molar-refractivity contribution in [2.75, 3.05) is 45.8 Å². The van der Waals surface area contributed by atoms with Gasteiger partial charge in [-0.05, 0) is 31.2 Å². The molecule has 9 nitrogen and oxygen atoms in total. The molecule has 1 saturated heterocycles. The van der Waals surface area contributed by atoms with Gasteiger partial charge in [-0.15, -0.1) is 0 Å². The summed E-state index contributed by atoms with van der Waals surface area (Å²) in [6.07, 6.45) is 0.0173. The number of hydrogen-bond acceptors (Lipinski definition) is 7. The predicted molar refractivity (Wildman–Crippen MR) is 131 cm³/mol. The van der Waals surface area contributed by atoms with E-state index in [2.05, 4.69) is 9.72 Å². The maximum absolute atomic E-state index is 13.5. The van der Waals surface area contributed by atoms with Crippen molar-refractivity contribution < 1.29 is 27.4 Å². The Morgan fingerprint density at radius 2 is 2.00 bits per heavy atom. The van der Waals surface area contributed by atoms with Gasteiger partial charge in [0.15, 0.2) is 6.29 Å². The van der Waals surface area contributed by atoms with Crippen molar-refractivity contribution >= 4 is 44.5 Å². The van der Waals surface area contributed by atoms with Crippen LogP contribution in [0.25, 0.3) is 10.9 Å². The van der Waals surface area contributed by atoms with Gasteiger partial charge in [0.05, 0.1) is 23.5 Å². The van der Waals surface area contributed by atoms with E-state index in [0.29, 0.717) is 17.6 Å². The second kappa shape index (κ2) is 11.7. The molecular formula is C23H28ClN3O6S. The van der Waals surface area contributed by atoms with Crippen LogP contribution in [0.1, 0.15) is 17.4 Å². The number of aromatic amines is 1. The molecule has 1 aromatic heterocycles. The van der Waals surface area contributed by atoms with Gasteiger partial charge in [0.1, 0.15) is 23.4 Å². The van der Waals surface area contributed by atoms with Crippen LogP contribution in [0.3, 0.4) is 0 Å². The van der Waals surface area contributed by atoms with Gasteiger partial charge in [-0.2, -0.15) is 4.31 Å². The molecule has 0 radical (unpaired) electrons. The molecule has 184 valence electrons. The molecule has 0 bridgehead atoms. The lowest BCUT2D eigenvalue weighted by Crippen LogP contribution is -2.47. The highest BCUT2D eigenvalue weighted by atomic mass is 35.5. The second-order valence-corrected chi connectivity index (χ2v) is 9.77. The number of rotatable bonds is 7. The Morgan fingerprint density at radius 3 is 2.65 bits per heavy atom. The van der Waals surface area contributed by atoms with Crippen LogP contribution in [-0.4, -0.2) is 70.1 Å². The van der Waals surface area contributed by atoms with Crippen molar-refractivity contribution in [1.82, 2.24) is 9.29 Å². The van der Waals surface area contributed by atoms with E-state index in [4.69, 9.17) is 26.8 Å². The molecule has 3 N–H and O–H groups in total. The zero-order valence-electron chi connectivity index (χ0n) is 19.0. The summed E-state index contributed by atoms with van der Waals surface area (Å²) in [7, 11) is -2.34. The number of ether oxygens (including phenoxy) is 3. The number of H-pyrrole nitrogens is 1. The number of anilines is 1. The maximum atomic E-state index is 13.5. The third kappa shape index (κ3) is 5.89. The summed E-state index contributed by atoms with van der Waals surface area (Å²) in [5, 5.41) is 0.565. The fourth-order valence-corrected chi connectivity index (χ4v) is 5.47. The van der Waals surface area contributed by atoms with Gasteiger partial charge in [-0.3, -0.25) is 4.79 Å². The number of fused-ring (bicyclic) bond motifs is 1. The molecule has 2 aromatic carbocycles. The number of halogens is 1. The van der Waals surface area contributed by atoms with E-state index < -0.39 is 16.1 Å². The first-order valence-electron chi connectivity index (χ1n) is 10.7. The van der Waals surface area contributed by atoms with Gasteiger partial charge in [-0.1, -0.05) is 29.8 Å². The van der Waals surface area contributed by atoms with E-state index in [1.54, 1.807) is 7.11 Å². The van der Waals surface area contributed by atoms with E-state index >= 15 is 0 Å². The lowest BCUT2D eigenvalue weighted by Gasteiger charge is -2.32. The van der Waals surface area contributed by atoms with Crippen LogP contribution < -0.4 is 10.5 Å². The summed E-state index contributed by atoms with van der Waals surface area (Å²) in [6, 6.07) is 12.2. The Balaban J connectivity index is 0.000000751. The highest BCUT2D eigenvalue weighted by Gasteiger charge is 2.35. The normalized spacial score (nSPS) is 16.6. The number of nitrogen functional groups attached to an aromatic ring is 1. The fourth-order valence-electron chi connectivity index (χ4n) is 3.49. The molecule has 1 aliphatic rings. The summed E-state index contributed by atoms with van der Waals surface area (Å²) < 4.78 is 44.1. The highest BCUT2D eigenvalue weighted by molar-refractivity contribution is 7.89. The Kier molecular flexibility index (Phi) is 8.92. The Labute approximate surface area is 203 Å². The molecule has 1 aliphatic heterocycles. The number of nitrogens with zero attached hydrogens (tertiary/aromatic N) is 1. The number of methoxy groups -OCH3 is 1. The summed E-state index contributed by atoms with van der Waals surface area (Å²) in [6.45, 7) is 3.44. The molecule has 34 heavy (non-hydrogen) atoms. The smallest absolute Gasteiger partial charge is 0.246 e. The zero-order chi connectivity index (χ0) is 24.7. The number of aldehydes is 1. The van der Waals surface area contributed by atoms with Gasteiger partial charge in [0, 0.05) is 37.2 Å². The van der Waals surface area contributed by atoms with E-state index in [1.807, 2.05) is 37.3 Å². The topological polar surface area (TPSA) is 124 Å². The number of carbonyl (C=O) groups is 1. The number of hydrogen-bond donors (Lipinski definition) is 2. The van der Waals surface area contributed by atoms with Crippen LogP contribution in [0.5, 0.6) is 5.75 Å². The number of para-hydroxylation sites is 1. The van der Waals surface area contributed by atoms with E-state index in [9.17, 15) is 13.2 Å². The summed E-state index contributed by atoms with van der Waals surface area (Å²) in [5.41, 5.74) is 6.51. The maximum Gasteiger partial charge on any atom is 0.246 e. The minimum atomic E-state index is -4.02. The standard InChI is InChI=1S/C20H20ClN3O5S.C3H8O/c21-13-8-16-19(17(22)9-13)23-18(11-25)20(16)30(26,27)24-6-7-28-15(10-24)12-29-14-4-2-1-3-5-14;1-3-4-2/h1-5,8-9,11,15,23H,6-7,10,12,22H2;3H2,1-2H3/t15-;/m0./s1. The third-order valence-electron chi connectivity index (χ3n) is 5.17. The molecule has 0 amide bonds. The lowest BCUT2D eigenvalue weighted by atomic mass is 10.2. The van der Waals surface area contributed by atoms with Crippen LogP contribution in [0.2, 0.25) is 5.02 Å². The van der Waals surface area contributed by atoms with Gasteiger partial charge >= 0.3 is 0 Å². The van der Waals surface area contributed by atoms with Crippen LogP contribution >= 0.6 is 11.6 Å². The van der Waals surface area contributed by atoms with E-state index in [1.165, 1.54) is 16.4 Å². The molecule has 0 aliphatic carbocycles. The van der Waals surface area contributed by atoms with E-state index in [0.717, 1.165) is 6.61 Å². The molecule has 11 heteroatoms. The first kappa shape index (κ1) is 26.0. The largest absolute Gasteiger partial charge is 0.491 e. The average molecular weight is 510 g/mol. The fraction of sp³-hybridized carbons (Fsp3) is 0.348. The molecular weight excluding hydrogens is 482 g/mol. The molecule has 0 saturated carbocycles. The molecule has 4 rings (SSSR count). The molecule has 1 atom stereocenters. The Morgan fingerprint density at radius 1 is 1.29 bits per heavy atom. The highest BCUT2D eigenvalue weighted by Crippen LogP contribution is 2.34. The first-order valence-corrected chi connectivity index (χ1v) is 12.5. The zero-order valence-corrected chi connectivity index (χ0v) is 20.6. The molecule has 0 spiro atoms. The number of sulfonamides is 1. The van der Waals surface area contributed by atoms with Crippen LogP contribution in [0, 0.1) is 0 Å². The summed E-state index contributed by atoms with van der Waals surface area (Å²) in [5.74, 6) is 0.672. The number of aromatic nitrogens is 1. The lowest BCUT2D eigenvalue weighted by molar-refractivity contribution is -0.0249. The van der Waals surface area contributed by atoms with Crippen molar-refractivity contribution in [3.05, 3.63) is 53.2 Å². The van der Waals surface area contributed by atoms with Crippen LogP contribution in [0.4, 0.5) is 5.69 Å². The number of carbonyl (C=O) groups excluding carboxylic acids is 1. The van der Waals surface area contributed by atoms with Gasteiger partial charge < -0.3 is 24.9 Å². The SMILES string of the molecule is CCOC.Nc1cc(Cl)cc2c(S(=O)(=O)N3CCO[C@H](COc4ccccc4)C3)c(C=O)[nH]c12. The minimum Gasteiger partial charge on any atom is -0.491 e. The van der Waals surface area contributed by atoms with Crippen LogP contribution in [0.15, 0.2) is 47.4 Å². The number of nitrogens with two attached hydrogens (primary N) is 1. The molecule has 1 fully saturated rings. The monoisotopic (exact) mass is 509 g/mol.